The van der Waals surface area contributed by atoms with Crippen LogP contribution in [0.5, 0.6) is 5.88 Å². The molecule has 1 fully saturated rings. The van der Waals surface area contributed by atoms with Crippen LogP contribution in [0.1, 0.15) is 36.8 Å². The van der Waals surface area contributed by atoms with Gasteiger partial charge in [0.1, 0.15) is 6.10 Å². The zero-order chi connectivity index (χ0) is 19.6. The molecule has 0 unspecified atom stereocenters. The molecule has 3 rings (SSSR count). The second-order valence-corrected chi connectivity index (χ2v) is 7.12. The molecule has 5 nitrogen and oxygen atoms in total. The zero-order valence-electron chi connectivity index (χ0n) is 16.3. The topological polar surface area (TPSA) is 54.5 Å². The Bertz CT molecular complexity index is 757. The number of ether oxygens (including phenoxy) is 1. The lowest BCUT2D eigenvalue weighted by molar-refractivity contribution is 0.196. The second kappa shape index (κ2) is 10.5. The highest BCUT2D eigenvalue weighted by Gasteiger charge is 2.19. The third kappa shape index (κ3) is 5.84. The predicted molar refractivity (Wildman–Crippen MR) is 111 cm³/mol. The molecule has 1 heterocycles. The number of pyridine rings is 1. The van der Waals surface area contributed by atoms with Gasteiger partial charge in [-0.1, -0.05) is 42.5 Å². The van der Waals surface area contributed by atoms with E-state index in [1.807, 2.05) is 30.3 Å². The lowest BCUT2D eigenvalue weighted by Crippen LogP contribution is -2.41. The van der Waals surface area contributed by atoms with Crippen LogP contribution in [0.2, 0.25) is 0 Å². The van der Waals surface area contributed by atoms with Crippen LogP contribution in [-0.2, 0) is 13.0 Å². The van der Waals surface area contributed by atoms with E-state index < -0.39 is 0 Å². The summed E-state index contributed by atoms with van der Waals surface area (Å²) < 4.78 is 6.06. The Morgan fingerprint density at radius 2 is 2.00 bits per heavy atom. The first-order valence-corrected chi connectivity index (χ1v) is 10.0. The van der Waals surface area contributed by atoms with Crippen molar-refractivity contribution in [2.24, 2.45) is 0 Å². The van der Waals surface area contributed by atoms with Crippen molar-refractivity contribution in [3.8, 4) is 5.88 Å². The van der Waals surface area contributed by atoms with E-state index in [4.69, 9.17) is 4.74 Å². The molecule has 1 N–H and O–H groups in total. The van der Waals surface area contributed by atoms with Gasteiger partial charge in [-0.15, -0.1) is 6.58 Å². The van der Waals surface area contributed by atoms with Gasteiger partial charge in [0.2, 0.25) is 5.88 Å². The van der Waals surface area contributed by atoms with Gasteiger partial charge >= 0.3 is 6.03 Å². The van der Waals surface area contributed by atoms with Gasteiger partial charge < -0.3 is 15.0 Å². The number of hydrogen-bond acceptors (Lipinski definition) is 3. The molecule has 0 radical (unpaired) electrons. The molecule has 0 aliphatic heterocycles. The number of nitrogens with one attached hydrogen (secondary N) is 1. The summed E-state index contributed by atoms with van der Waals surface area (Å²) in [5.74, 6) is 0.634. The highest BCUT2D eigenvalue weighted by Crippen LogP contribution is 2.24. The quantitative estimate of drug-likeness (QED) is 0.659. The fourth-order valence-electron chi connectivity index (χ4n) is 3.45. The molecule has 1 aromatic heterocycles. The second-order valence-electron chi connectivity index (χ2n) is 7.12. The number of carbonyl (C=O) groups is 1. The lowest BCUT2D eigenvalue weighted by Gasteiger charge is -2.22. The molecule has 28 heavy (non-hydrogen) atoms. The largest absolute Gasteiger partial charge is 0.474 e. The minimum Gasteiger partial charge on any atom is -0.474 e. The van der Waals surface area contributed by atoms with Crippen molar-refractivity contribution < 1.29 is 9.53 Å². The maximum absolute atomic E-state index is 12.7. The summed E-state index contributed by atoms with van der Waals surface area (Å²) >= 11 is 0. The molecule has 1 saturated carbocycles. The summed E-state index contributed by atoms with van der Waals surface area (Å²) in [5, 5.41) is 3.00. The van der Waals surface area contributed by atoms with Crippen LogP contribution >= 0.6 is 0 Å². The molecular weight excluding hydrogens is 350 g/mol. The average molecular weight is 380 g/mol. The first kappa shape index (κ1) is 19.9. The van der Waals surface area contributed by atoms with Gasteiger partial charge in [-0.2, -0.15) is 0 Å². The fourth-order valence-corrected chi connectivity index (χ4v) is 3.45. The minimum absolute atomic E-state index is 0.105. The molecular formula is C23H29N3O2. The van der Waals surface area contributed by atoms with E-state index >= 15 is 0 Å². The molecule has 5 heteroatoms. The Hall–Kier alpha value is -2.82. The molecule has 1 aliphatic rings. The van der Waals surface area contributed by atoms with Gasteiger partial charge in [0.05, 0.1) is 0 Å². The van der Waals surface area contributed by atoms with Crippen LogP contribution < -0.4 is 10.1 Å². The summed E-state index contributed by atoms with van der Waals surface area (Å²) in [6, 6.07) is 13.9. The van der Waals surface area contributed by atoms with E-state index in [1.165, 1.54) is 18.4 Å². The molecule has 0 saturated heterocycles. The van der Waals surface area contributed by atoms with Gasteiger partial charge in [-0.25, -0.2) is 9.78 Å². The maximum Gasteiger partial charge on any atom is 0.317 e. The van der Waals surface area contributed by atoms with E-state index in [0.29, 0.717) is 25.5 Å². The van der Waals surface area contributed by atoms with Gasteiger partial charge in [-0.3, -0.25) is 0 Å². The smallest absolute Gasteiger partial charge is 0.317 e. The first-order chi connectivity index (χ1) is 13.8. The number of hydrogen-bond donors (Lipinski definition) is 1. The van der Waals surface area contributed by atoms with Crippen LogP contribution in [-0.4, -0.2) is 35.1 Å². The molecule has 0 spiro atoms. The van der Waals surface area contributed by atoms with Crippen LogP contribution in [0.15, 0.2) is 61.3 Å². The summed E-state index contributed by atoms with van der Waals surface area (Å²) in [5.41, 5.74) is 2.12. The van der Waals surface area contributed by atoms with Crippen molar-refractivity contribution in [3.05, 3.63) is 72.4 Å². The number of carbonyl (C=O) groups excluding carboxylic acids is 1. The third-order valence-corrected chi connectivity index (χ3v) is 5.01. The SMILES string of the molecule is C=CCN(CCc1ccccc1)C(=O)NCc1cccnc1OC1CCCC1. The molecule has 1 aromatic carbocycles. The minimum atomic E-state index is -0.105. The number of aromatic nitrogens is 1. The number of rotatable bonds is 9. The normalized spacial score (nSPS) is 13.9. The van der Waals surface area contributed by atoms with E-state index in [-0.39, 0.29) is 12.1 Å². The highest BCUT2D eigenvalue weighted by molar-refractivity contribution is 5.74. The average Bonchev–Trinajstić information content (AvgIpc) is 3.24. The van der Waals surface area contributed by atoms with E-state index in [2.05, 4.69) is 29.0 Å². The van der Waals surface area contributed by atoms with Gasteiger partial charge in [0.25, 0.3) is 0 Å². The van der Waals surface area contributed by atoms with Gasteiger partial charge in [-0.05, 0) is 43.7 Å². The molecule has 2 amide bonds. The monoisotopic (exact) mass is 379 g/mol. The van der Waals surface area contributed by atoms with Crippen molar-refractivity contribution in [2.45, 2.75) is 44.8 Å². The maximum atomic E-state index is 12.7. The Morgan fingerprint density at radius 3 is 2.75 bits per heavy atom. The summed E-state index contributed by atoms with van der Waals surface area (Å²) in [6.07, 6.45) is 9.12. The zero-order valence-corrected chi connectivity index (χ0v) is 16.3. The third-order valence-electron chi connectivity index (χ3n) is 5.01. The summed E-state index contributed by atoms with van der Waals surface area (Å²) in [4.78, 5) is 18.8. The number of amides is 2. The summed E-state index contributed by atoms with van der Waals surface area (Å²) in [6.45, 7) is 5.32. The standard InChI is InChI=1S/C23H29N3O2/c1-2-16-26(17-14-19-9-4-3-5-10-19)23(27)25-18-20-11-8-15-24-22(20)28-21-12-6-7-13-21/h2-5,8-11,15,21H,1,6-7,12-14,16-18H2,(H,25,27). The molecule has 1 aliphatic carbocycles. The van der Waals surface area contributed by atoms with Crippen molar-refractivity contribution in [3.63, 3.8) is 0 Å². The fraction of sp³-hybridized carbons (Fsp3) is 0.391. The van der Waals surface area contributed by atoms with Crippen molar-refractivity contribution in [2.75, 3.05) is 13.1 Å². The van der Waals surface area contributed by atoms with Gasteiger partial charge in [0, 0.05) is 31.4 Å². The Morgan fingerprint density at radius 1 is 1.21 bits per heavy atom. The van der Waals surface area contributed by atoms with E-state index in [1.54, 1.807) is 17.2 Å². The Kier molecular flexibility index (Phi) is 7.47. The number of benzene rings is 1. The van der Waals surface area contributed by atoms with Crippen molar-refractivity contribution in [1.82, 2.24) is 15.2 Å². The molecule has 2 aromatic rings. The van der Waals surface area contributed by atoms with Crippen molar-refractivity contribution >= 4 is 6.03 Å². The van der Waals surface area contributed by atoms with Crippen LogP contribution in [0.4, 0.5) is 4.79 Å². The number of urea groups is 1. The van der Waals surface area contributed by atoms with Gasteiger partial charge in [0.15, 0.2) is 0 Å². The van der Waals surface area contributed by atoms with E-state index in [9.17, 15) is 4.79 Å². The number of nitrogens with zero attached hydrogens (tertiary/aromatic N) is 2. The predicted octanol–water partition coefficient (Wildman–Crippen LogP) is 4.34. The molecule has 148 valence electrons. The van der Waals surface area contributed by atoms with E-state index in [0.717, 1.165) is 24.8 Å². The molecule has 0 bridgehead atoms. The summed E-state index contributed by atoms with van der Waals surface area (Å²) in [7, 11) is 0. The van der Waals surface area contributed by atoms with Crippen LogP contribution in [0, 0.1) is 0 Å². The Labute approximate surface area is 167 Å². The van der Waals surface area contributed by atoms with Crippen molar-refractivity contribution in [1.29, 1.82) is 0 Å². The Balaban J connectivity index is 1.55. The lowest BCUT2D eigenvalue weighted by atomic mass is 10.1. The highest BCUT2D eigenvalue weighted by atomic mass is 16.5. The first-order valence-electron chi connectivity index (χ1n) is 10.0. The van der Waals surface area contributed by atoms with Crippen LogP contribution in [0.3, 0.4) is 0 Å². The van der Waals surface area contributed by atoms with Crippen LogP contribution in [0.25, 0.3) is 0 Å². The molecule has 0 atom stereocenters.